The summed E-state index contributed by atoms with van der Waals surface area (Å²) < 4.78 is 4.58. The second-order valence-corrected chi connectivity index (χ2v) is 1.96. The summed E-state index contributed by atoms with van der Waals surface area (Å²) in [4.78, 5) is 10.8. The lowest BCUT2D eigenvalue weighted by Crippen LogP contribution is -2.02. The summed E-state index contributed by atoms with van der Waals surface area (Å²) in [7, 11) is 0. The second kappa shape index (κ2) is 1.73. The molecule has 49 valence electrons. The molecule has 0 fully saturated rings. The third-order valence-electron chi connectivity index (χ3n) is 1.35. The van der Waals surface area contributed by atoms with Gasteiger partial charge in [-0.25, -0.2) is 10.1 Å². The van der Waals surface area contributed by atoms with Crippen molar-refractivity contribution in [3.05, 3.63) is 34.5 Å². The van der Waals surface area contributed by atoms with E-state index in [4.69, 9.17) is 0 Å². The van der Waals surface area contributed by atoms with Crippen LogP contribution < -0.4 is 10.9 Å². The predicted octanol–water partition coefficient (Wildman–Crippen LogP) is 0.860. The van der Waals surface area contributed by atoms with Crippen molar-refractivity contribution >= 4 is 11.8 Å². The fourth-order valence-electron chi connectivity index (χ4n) is 0.876. The SMILES string of the molecule is O=c1occc2c1[N]C=C2. The predicted molar refractivity (Wildman–Crippen MR) is 35.8 cm³/mol. The van der Waals surface area contributed by atoms with Crippen LogP contribution in [0.3, 0.4) is 0 Å². The van der Waals surface area contributed by atoms with Gasteiger partial charge in [0.1, 0.15) is 0 Å². The molecule has 3 nitrogen and oxygen atoms in total. The van der Waals surface area contributed by atoms with E-state index < -0.39 is 0 Å². The summed E-state index contributed by atoms with van der Waals surface area (Å²) in [6, 6.07) is 1.71. The van der Waals surface area contributed by atoms with Crippen LogP contribution in [0.25, 0.3) is 6.08 Å². The first-order chi connectivity index (χ1) is 4.88. The molecule has 1 radical (unpaired) electrons. The molecule has 10 heavy (non-hydrogen) atoms. The number of hydrogen-bond donors (Lipinski definition) is 0. The van der Waals surface area contributed by atoms with E-state index in [1.165, 1.54) is 6.26 Å². The van der Waals surface area contributed by atoms with Crippen LogP contribution in [-0.2, 0) is 0 Å². The maximum atomic E-state index is 10.8. The first-order valence-corrected chi connectivity index (χ1v) is 2.87. The number of nitrogens with zero attached hydrogens (tertiary/aromatic N) is 1. The Kier molecular flexibility index (Phi) is 0.917. The topological polar surface area (TPSA) is 44.3 Å². The highest BCUT2D eigenvalue weighted by Gasteiger charge is 2.09. The van der Waals surface area contributed by atoms with Crippen molar-refractivity contribution in [2.24, 2.45) is 0 Å². The third-order valence-corrected chi connectivity index (χ3v) is 1.35. The molecule has 1 aromatic heterocycles. The minimum Gasteiger partial charge on any atom is -0.430 e. The molecule has 2 heterocycles. The normalized spacial score (nSPS) is 12.8. The average Bonchev–Trinajstić information content (AvgIpc) is 2.36. The average molecular weight is 134 g/mol. The summed E-state index contributed by atoms with van der Waals surface area (Å²) >= 11 is 0. The lowest BCUT2D eigenvalue weighted by atomic mass is 10.3. The fourth-order valence-corrected chi connectivity index (χ4v) is 0.876. The lowest BCUT2D eigenvalue weighted by Gasteiger charge is -1.90. The van der Waals surface area contributed by atoms with Crippen LogP contribution in [0.15, 0.2) is 27.7 Å². The zero-order valence-electron chi connectivity index (χ0n) is 5.07. The third kappa shape index (κ3) is 0.572. The molecule has 0 aromatic carbocycles. The number of rotatable bonds is 0. The standard InChI is InChI=1S/C7H4NO2/c9-7-6-5(1-3-8-6)2-4-10-7/h1-4H. The van der Waals surface area contributed by atoms with Gasteiger partial charge in [0.05, 0.1) is 6.26 Å². The monoisotopic (exact) mass is 134 g/mol. The zero-order valence-corrected chi connectivity index (χ0v) is 5.07. The van der Waals surface area contributed by atoms with Crippen LogP contribution in [0.2, 0.25) is 0 Å². The molecule has 0 saturated carbocycles. The largest absolute Gasteiger partial charge is 0.430 e. The Morgan fingerprint density at radius 3 is 3.20 bits per heavy atom. The van der Waals surface area contributed by atoms with E-state index >= 15 is 0 Å². The van der Waals surface area contributed by atoms with Crippen LogP contribution in [0.4, 0.5) is 5.69 Å². The molecule has 0 aliphatic carbocycles. The molecule has 0 spiro atoms. The Labute approximate surface area is 57.0 Å². The van der Waals surface area contributed by atoms with E-state index in [2.05, 4.69) is 9.73 Å². The summed E-state index contributed by atoms with van der Waals surface area (Å²) in [6.07, 6.45) is 4.72. The van der Waals surface area contributed by atoms with Crippen molar-refractivity contribution in [2.45, 2.75) is 0 Å². The van der Waals surface area contributed by atoms with Gasteiger partial charge in [0, 0.05) is 11.8 Å². The van der Waals surface area contributed by atoms with Crippen LogP contribution in [0.1, 0.15) is 5.56 Å². The van der Waals surface area contributed by atoms with Crippen molar-refractivity contribution in [1.82, 2.24) is 5.32 Å². The van der Waals surface area contributed by atoms with Crippen LogP contribution >= 0.6 is 0 Å². The van der Waals surface area contributed by atoms with Gasteiger partial charge < -0.3 is 4.42 Å². The highest BCUT2D eigenvalue weighted by atomic mass is 16.4. The van der Waals surface area contributed by atoms with Crippen LogP contribution in [-0.4, -0.2) is 0 Å². The molecular formula is C7H4NO2. The summed E-state index contributed by atoms with van der Waals surface area (Å²) in [5.74, 6) is 0. The van der Waals surface area contributed by atoms with Gasteiger partial charge in [-0.1, -0.05) is 0 Å². The van der Waals surface area contributed by atoms with E-state index in [0.29, 0.717) is 5.69 Å². The molecule has 0 bridgehead atoms. The second-order valence-electron chi connectivity index (χ2n) is 1.96. The van der Waals surface area contributed by atoms with E-state index in [1.54, 1.807) is 18.3 Å². The van der Waals surface area contributed by atoms with Crippen molar-refractivity contribution < 1.29 is 4.42 Å². The fraction of sp³-hybridized carbons (Fsp3) is 0. The summed E-state index contributed by atoms with van der Waals surface area (Å²) in [5, 5.41) is 3.81. The molecule has 0 saturated heterocycles. The molecule has 2 rings (SSSR count). The first kappa shape index (κ1) is 5.29. The highest BCUT2D eigenvalue weighted by Crippen LogP contribution is 2.16. The van der Waals surface area contributed by atoms with Crippen LogP contribution in [0, 0.1) is 0 Å². The van der Waals surface area contributed by atoms with E-state index in [9.17, 15) is 4.79 Å². The Morgan fingerprint density at radius 1 is 1.50 bits per heavy atom. The van der Waals surface area contributed by atoms with Gasteiger partial charge in [-0.2, -0.15) is 0 Å². The van der Waals surface area contributed by atoms with E-state index in [0.717, 1.165) is 5.56 Å². The molecule has 0 amide bonds. The molecular weight excluding hydrogens is 130 g/mol. The molecule has 0 unspecified atom stereocenters. The Bertz CT molecular complexity index is 338. The first-order valence-electron chi connectivity index (χ1n) is 2.87. The minimum atomic E-state index is -0.373. The van der Waals surface area contributed by atoms with Gasteiger partial charge in [0.2, 0.25) is 0 Å². The quantitative estimate of drug-likeness (QED) is 0.528. The van der Waals surface area contributed by atoms with E-state index in [-0.39, 0.29) is 5.63 Å². The van der Waals surface area contributed by atoms with Gasteiger partial charge in [-0.3, -0.25) is 0 Å². The Hall–Kier alpha value is -1.51. The van der Waals surface area contributed by atoms with Gasteiger partial charge >= 0.3 is 5.63 Å². The minimum absolute atomic E-state index is 0.373. The van der Waals surface area contributed by atoms with E-state index in [1.807, 2.05) is 0 Å². The Balaban J connectivity index is 2.77. The summed E-state index contributed by atoms with van der Waals surface area (Å²) in [5.41, 5.74) is 0.862. The molecule has 1 aromatic rings. The molecule has 1 aliphatic rings. The Morgan fingerprint density at radius 2 is 2.40 bits per heavy atom. The van der Waals surface area contributed by atoms with Crippen molar-refractivity contribution in [3.63, 3.8) is 0 Å². The molecule has 0 atom stereocenters. The van der Waals surface area contributed by atoms with Crippen molar-refractivity contribution in [1.29, 1.82) is 0 Å². The van der Waals surface area contributed by atoms with Gasteiger partial charge in [-0.15, -0.1) is 0 Å². The number of hydrogen-bond acceptors (Lipinski definition) is 2. The summed E-state index contributed by atoms with van der Waals surface area (Å²) in [6.45, 7) is 0. The smallest absolute Gasteiger partial charge is 0.362 e. The van der Waals surface area contributed by atoms with Crippen LogP contribution in [0.5, 0.6) is 0 Å². The maximum absolute atomic E-state index is 10.8. The van der Waals surface area contributed by atoms with Crippen molar-refractivity contribution in [3.8, 4) is 0 Å². The zero-order chi connectivity index (χ0) is 6.97. The lowest BCUT2D eigenvalue weighted by molar-refractivity contribution is 0.510. The van der Waals surface area contributed by atoms with Gasteiger partial charge in [0.25, 0.3) is 0 Å². The maximum Gasteiger partial charge on any atom is 0.362 e. The molecule has 1 aliphatic heterocycles. The molecule has 3 heteroatoms. The molecule has 0 N–H and O–H groups in total. The van der Waals surface area contributed by atoms with Crippen molar-refractivity contribution in [2.75, 3.05) is 0 Å². The number of fused-ring (bicyclic) bond motifs is 1. The van der Waals surface area contributed by atoms with Gasteiger partial charge in [0.15, 0.2) is 5.69 Å². The van der Waals surface area contributed by atoms with Gasteiger partial charge in [-0.05, 0) is 12.1 Å². The highest BCUT2D eigenvalue weighted by molar-refractivity contribution is 5.66.